The summed E-state index contributed by atoms with van der Waals surface area (Å²) in [6.45, 7) is 18.6. The van der Waals surface area contributed by atoms with Crippen LogP contribution in [0, 0.1) is 11.8 Å². The summed E-state index contributed by atoms with van der Waals surface area (Å²) in [4.78, 5) is 7.83. The molecule has 2 aliphatic carbocycles. The zero-order chi connectivity index (χ0) is 21.5. The zero-order valence-electron chi connectivity index (χ0n) is 20.6. The molecule has 3 rings (SSSR count). The molecule has 1 aliphatic heterocycles. The van der Waals surface area contributed by atoms with Gasteiger partial charge in [-0.15, -0.1) is 0 Å². The summed E-state index contributed by atoms with van der Waals surface area (Å²) < 4.78 is 6.20. The Kier molecular flexibility index (Phi) is 9.90. The molecule has 0 amide bonds. The van der Waals surface area contributed by atoms with Gasteiger partial charge >= 0.3 is 0 Å². The van der Waals surface area contributed by atoms with E-state index in [2.05, 4.69) is 54.8 Å². The van der Waals surface area contributed by atoms with E-state index >= 15 is 0 Å². The van der Waals surface area contributed by atoms with Gasteiger partial charge in [-0.2, -0.15) is 0 Å². The molecule has 5 nitrogen and oxygen atoms in total. The van der Waals surface area contributed by atoms with Crippen LogP contribution in [0.4, 0.5) is 0 Å². The summed E-state index contributed by atoms with van der Waals surface area (Å²) in [5.41, 5.74) is 0. The van der Waals surface area contributed by atoms with Crippen molar-refractivity contribution in [1.29, 1.82) is 0 Å². The van der Waals surface area contributed by atoms with E-state index in [1.807, 2.05) is 0 Å². The van der Waals surface area contributed by atoms with Crippen molar-refractivity contribution in [3.05, 3.63) is 0 Å². The number of hydrogen-bond donors (Lipinski definition) is 1. The lowest BCUT2D eigenvalue weighted by Gasteiger charge is -2.43. The van der Waals surface area contributed by atoms with Gasteiger partial charge in [0.15, 0.2) is 0 Å². The van der Waals surface area contributed by atoms with Crippen LogP contribution in [-0.2, 0) is 4.74 Å². The molecule has 0 aromatic rings. The molecule has 5 heteroatoms. The van der Waals surface area contributed by atoms with Crippen LogP contribution in [0.15, 0.2) is 0 Å². The average Bonchev–Trinajstić information content (AvgIpc) is 2.65. The van der Waals surface area contributed by atoms with E-state index in [0.717, 1.165) is 37.1 Å². The first-order chi connectivity index (χ1) is 14.4. The van der Waals surface area contributed by atoms with Gasteiger partial charge < -0.3 is 19.9 Å². The number of piperazine rings is 1. The second kappa shape index (κ2) is 12.2. The van der Waals surface area contributed by atoms with Crippen LogP contribution in [0.25, 0.3) is 0 Å². The standard InChI is InChI=1S/C25H50N4O/c1-20(2)18-29-12-10-28(11-13-29)14-15-30-25-16-24(17-25)27(5)19-22-6-8-23(9-7-22)26-21(3)4/h20-26H,6-19H2,1-5H3. The highest BCUT2D eigenvalue weighted by Gasteiger charge is 2.34. The van der Waals surface area contributed by atoms with E-state index in [1.54, 1.807) is 0 Å². The molecular formula is C25H50N4O. The SMILES string of the molecule is CC(C)CN1CCN(CCOC2CC(N(C)CC3CCC(NC(C)C)CC3)C2)CC1. The molecule has 2 saturated carbocycles. The Morgan fingerprint density at radius 2 is 1.57 bits per heavy atom. The lowest BCUT2D eigenvalue weighted by Crippen LogP contribution is -2.50. The first kappa shape index (κ1) is 24.4. The van der Waals surface area contributed by atoms with Crippen LogP contribution in [0.2, 0.25) is 0 Å². The second-order valence-corrected chi connectivity index (χ2v) is 11.1. The summed E-state index contributed by atoms with van der Waals surface area (Å²) in [5, 5.41) is 3.72. The number of ether oxygens (including phenoxy) is 1. The third-order valence-corrected chi connectivity index (χ3v) is 7.50. The molecule has 0 bridgehead atoms. The largest absolute Gasteiger partial charge is 0.377 e. The maximum atomic E-state index is 6.20. The quantitative estimate of drug-likeness (QED) is 0.552. The topological polar surface area (TPSA) is 31.0 Å². The highest BCUT2D eigenvalue weighted by atomic mass is 16.5. The lowest BCUT2D eigenvalue weighted by atomic mass is 9.83. The Morgan fingerprint density at radius 1 is 0.933 bits per heavy atom. The van der Waals surface area contributed by atoms with E-state index in [4.69, 9.17) is 4.74 Å². The van der Waals surface area contributed by atoms with E-state index in [-0.39, 0.29) is 0 Å². The van der Waals surface area contributed by atoms with Gasteiger partial charge in [-0.3, -0.25) is 4.90 Å². The predicted octanol–water partition coefficient (Wildman–Crippen LogP) is 3.30. The van der Waals surface area contributed by atoms with Crippen LogP contribution >= 0.6 is 0 Å². The van der Waals surface area contributed by atoms with Gasteiger partial charge in [-0.05, 0) is 57.4 Å². The van der Waals surface area contributed by atoms with Crippen LogP contribution in [0.3, 0.4) is 0 Å². The minimum atomic E-state index is 0.505. The molecule has 3 aliphatic rings. The fourth-order valence-electron chi connectivity index (χ4n) is 5.63. The predicted molar refractivity (Wildman–Crippen MR) is 127 cm³/mol. The summed E-state index contributed by atoms with van der Waals surface area (Å²) >= 11 is 0. The van der Waals surface area contributed by atoms with Crippen molar-refractivity contribution < 1.29 is 4.74 Å². The molecule has 0 spiro atoms. The first-order valence-corrected chi connectivity index (χ1v) is 12.9. The van der Waals surface area contributed by atoms with Crippen LogP contribution < -0.4 is 5.32 Å². The Bertz CT molecular complexity index is 464. The Balaban J connectivity index is 1.20. The maximum absolute atomic E-state index is 6.20. The molecule has 1 N–H and O–H groups in total. The molecule has 0 unspecified atom stereocenters. The van der Waals surface area contributed by atoms with E-state index in [9.17, 15) is 0 Å². The van der Waals surface area contributed by atoms with Crippen molar-refractivity contribution in [3.8, 4) is 0 Å². The summed E-state index contributed by atoms with van der Waals surface area (Å²) in [6.07, 6.45) is 8.49. The molecule has 3 fully saturated rings. The van der Waals surface area contributed by atoms with Gasteiger partial charge in [0.2, 0.25) is 0 Å². The molecule has 0 aromatic carbocycles. The molecule has 176 valence electrons. The van der Waals surface area contributed by atoms with Crippen LogP contribution in [0.1, 0.15) is 66.2 Å². The molecule has 0 radical (unpaired) electrons. The fourth-order valence-corrected chi connectivity index (χ4v) is 5.63. The van der Waals surface area contributed by atoms with Gasteiger partial charge in [0.25, 0.3) is 0 Å². The normalized spacial score (nSPS) is 31.6. The smallest absolute Gasteiger partial charge is 0.0605 e. The maximum Gasteiger partial charge on any atom is 0.0605 e. The minimum absolute atomic E-state index is 0.505. The highest BCUT2D eigenvalue weighted by molar-refractivity contribution is 4.89. The Morgan fingerprint density at radius 3 is 2.17 bits per heavy atom. The van der Waals surface area contributed by atoms with Crippen LogP contribution in [-0.4, -0.2) is 98.4 Å². The van der Waals surface area contributed by atoms with Crippen molar-refractivity contribution in [2.45, 2.75) is 90.4 Å². The first-order valence-electron chi connectivity index (χ1n) is 12.9. The van der Waals surface area contributed by atoms with E-state index in [0.29, 0.717) is 12.1 Å². The fraction of sp³-hybridized carbons (Fsp3) is 1.00. The third-order valence-electron chi connectivity index (χ3n) is 7.50. The van der Waals surface area contributed by atoms with Crippen LogP contribution in [0.5, 0.6) is 0 Å². The third kappa shape index (κ3) is 8.05. The summed E-state index contributed by atoms with van der Waals surface area (Å²) in [6, 6.07) is 2.13. The molecule has 1 saturated heterocycles. The highest BCUT2D eigenvalue weighted by Crippen LogP contribution is 2.31. The van der Waals surface area contributed by atoms with E-state index < -0.39 is 0 Å². The van der Waals surface area contributed by atoms with Crippen molar-refractivity contribution >= 4 is 0 Å². The molecular weight excluding hydrogens is 372 g/mol. The molecule has 30 heavy (non-hydrogen) atoms. The number of nitrogens with one attached hydrogen (secondary N) is 1. The number of hydrogen-bond acceptors (Lipinski definition) is 5. The van der Waals surface area contributed by atoms with Crippen molar-refractivity contribution in [3.63, 3.8) is 0 Å². The van der Waals surface area contributed by atoms with Gasteiger partial charge in [-0.1, -0.05) is 27.7 Å². The van der Waals surface area contributed by atoms with Gasteiger partial charge in [0.05, 0.1) is 12.7 Å². The zero-order valence-corrected chi connectivity index (χ0v) is 20.6. The molecule has 1 heterocycles. The molecule has 0 atom stereocenters. The average molecular weight is 423 g/mol. The number of nitrogens with zero attached hydrogens (tertiary/aromatic N) is 3. The van der Waals surface area contributed by atoms with Crippen molar-refractivity contribution in [1.82, 2.24) is 20.0 Å². The monoisotopic (exact) mass is 422 g/mol. The summed E-state index contributed by atoms with van der Waals surface area (Å²) in [7, 11) is 2.34. The van der Waals surface area contributed by atoms with E-state index in [1.165, 1.54) is 77.8 Å². The Hall–Kier alpha value is -0.200. The summed E-state index contributed by atoms with van der Waals surface area (Å²) in [5.74, 6) is 1.68. The van der Waals surface area contributed by atoms with Gasteiger partial charge in [-0.25, -0.2) is 0 Å². The molecule has 0 aromatic heterocycles. The second-order valence-electron chi connectivity index (χ2n) is 11.1. The van der Waals surface area contributed by atoms with Crippen molar-refractivity contribution in [2.75, 3.05) is 59.5 Å². The lowest BCUT2D eigenvalue weighted by molar-refractivity contribution is -0.0558. The Labute approximate surface area is 186 Å². The number of rotatable bonds is 11. The minimum Gasteiger partial charge on any atom is -0.377 e. The van der Waals surface area contributed by atoms with Crippen molar-refractivity contribution in [2.24, 2.45) is 11.8 Å². The van der Waals surface area contributed by atoms with Gasteiger partial charge in [0, 0.05) is 63.9 Å². The van der Waals surface area contributed by atoms with Gasteiger partial charge in [0.1, 0.15) is 0 Å².